The average molecular weight is 398 g/mol. The van der Waals surface area contributed by atoms with Crippen molar-refractivity contribution in [1.82, 2.24) is 5.32 Å². The summed E-state index contributed by atoms with van der Waals surface area (Å²) in [7, 11) is 0. The van der Waals surface area contributed by atoms with Crippen LogP contribution < -0.4 is 10.2 Å². The van der Waals surface area contributed by atoms with E-state index in [2.05, 4.69) is 17.9 Å². The van der Waals surface area contributed by atoms with E-state index in [0.29, 0.717) is 24.9 Å². The molecule has 1 unspecified atom stereocenters. The van der Waals surface area contributed by atoms with E-state index < -0.39 is 29.7 Å². The Hall–Kier alpha value is -2.80. The minimum Gasteiger partial charge on any atom is -0.480 e. The van der Waals surface area contributed by atoms with Crippen molar-refractivity contribution in [3.63, 3.8) is 0 Å². The molecule has 0 fully saturated rings. The second kappa shape index (κ2) is 8.93. The van der Waals surface area contributed by atoms with Gasteiger partial charge in [0.25, 0.3) is 0 Å². The van der Waals surface area contributed by atoms with Gasteiger partial charge in [-0.25, -0.2) is 0 Å². The van der Waals surface area contributed by atoms with Gasteiger partial charge in [-0.05, 0) is 36.5 Å². The third kappa shape index (κ3) is 4.72. The van der Waals surface area contributed by atoms with Crippen LogP contribution in [0.25, 0.3) is 0 Å². The summed E-state index contributed by atoms with van der Waals surface area (Å²) in [6.07, 6.45) is 1.41. The highest BCUT2D eigenvalue weighted by atomic mass is 32.1. The first-order chi connectivity index (χ1) is 13.5. The van der Waals surface area contributed by atoms with Crippen LogP contribution in [0, 0.1) is 0 Å². The van der Waals surface area contributed by atoms with Crippen molar-refractivity contribution < 1.29 is 19.5 Å². The highest BCUT2D eigenvalue weighted by Crippen LogP contribution is 2.27. The molecule has 0 saturated heterocycles. The molecule has 146 valence electrons. The van der Waals surface area contributed by atoms with Crippen LogP contribution in [0.2, 0.25) is 0 Å². The zero-order valence-corrected chi connectivity index (χ0v) is 16.1. The summed E-state index contributed by atoms with van der Waals surface area (Å²) in [6, 6.07) is 16.0. The number of nitrogens with zero attached hydrogens (tertiary/aromatic N) is 1. The first-order valence-corrected chi connectivity index (χ1v) is 9.61. The molecule has 2 aromatic carbocycles. The second-order valence-electron chi connectivity index (χ2n) is 6.75. The number of carbonyl (C=O) groups excluding carboxylic acids is 2. The Morgan fingerprint density at radius 3 is 2.54 bits per heavy atom. The normalized spacial score (nSPS) is 17.4. The van der Waals surface area contributed by atoms with E-state index in [9.17, 15) is 19.5 Å². The molecule has 2 N–H and O–H groups in total. The predicted octanol–water partition coefficient (Wildman–Crippen LogP) is 2.08. The van der Waals surface area contributed by atoms with E-state index in [0.717, 1.165) is 11.1 Å². The van der Waals surface area contributed by atoms with Crippen LogP contribution in [-0.2, 0) is 27.2 Å². The number of carboxylic acid groups (broad SMARTS) is 1. The molecule has 2 amide bonds. The number of rotatable bonds is 6. The fraction of sp³-hybridized carbons (Fsp3) is 0.286. The lowest BCUT2D eigenvalue weighted by atomic mass is 10.1. The maximum Gasteiger partial charge on any atom is 0.323 e. The molecule has 0 saturated carbocycles. The predicted molar refractivity (Wildman–Crippen MR) is 110 cm³/mol. The van der Waals surface area contributed by atoms with Gasteiger partial charge in [0.1, 0.15) is 12.6 Å². The molecule has 7 heteroatoms. The van der Waals surface area contributed by atoms with Crippen molar-refractivity contribution in [1.29, 1.82) is 0 Å². The smallest absolute Gasteiger partial charge is 0.323 e. The number of benzene rings is 2. The molecule has 1 aliphatic heterocycles. The van der Waals surface area contributed by atoms with Gasteiger partial charge >= 0.3 is 5.97 Å². The van der Waals surface area contributed by atoms with Crippen molar-refractivity contribution in [2.75, 3.05) is 11.4 Å². The number of para-hydroxylation sites is 1. The monoisotopic (exact) mass is 398 g/mol. The molecular formula is C21H22N2O4S. The van der Waals surface area contributed by atoms with E-state index in [1.54, 1.807) is 12.1 Å². The summed E-state index contributed by atoms with van der Waals surface area (Å²) in [4.78, 5) is 38.1. The molecule has 6 nitrogen and oxygen atoms in total. The molecular weight excluding hydrogens is 376 g/mol. The number of nitrogens with one attached hydrogen (secondary N) is 1. The Bertz CT molecular complexity index is 872. The summed E-state index contributed by atoms with van der Waals surface area (Å²) >= 11 is 4.39. The molecule has 28 heavy (non-hydrogen) atoms. The van der Waals surface area contributed by atoms with Crippen LogP contribution in [0.1, 0.15) is 17.5 Å². The fourth-order valence-corrected chi connectivity index (χ4v) is 3.63. The summed E-state index contributed by atoms with van der Waals surface area (Å²) in [5.74, 6) is -1.86. The van der Waals surface area contributed by atoms with E-state index in [-0.39, 0.29) is 5.91 Å². The first-order valence-electron chi connectivity index (χ1n) is 9.09. The summed E-state index contributed by atoms with van der Waals surface area (Å²) in [6.45, 7) is -0.448. The van der Waals surface area contributed by atoms with Gasteiger partial charge in [-0.15, -0.1) is 0 Å². The van der Waals surface area contributed by atoms with Crippen LogP contribution >= 0.6 is 12.6 Å². The lowest BCUT2D eigenvalue weighted by Crippen LogP contribution is -2.51. The van der Waals surface area contributed by atoms with Gasteiger partial charge in [0.15, 0.2) is 0 Å². The third-order valence-corrected chi connectivity index (χ3v) is 5.15. The number of aliphatic carboxylic acids is 1. The number of amides is 2. The van der Waals surface area contributed by atoms with Gasteiger partial charge in [-0.2, -0.15) is 12.6 Å². The van der Waals surface area contributed by atoms with Gasteiger partial charge in [0, 0.05) is 5.69 Å². The first kappa shape index (κ1) is 19.9. The lowest BCUT2D eigenvalue weighted by Gasteiger charge is -2.25. The number of carboxylic acids is 1. The molecule has 3 rings (SSSR count). The second-order valence-corrected chi connectivity index (χ2v) is 7.38. The van der Waals surface area contributed by atoms with E-state index in [1.165, 1.54) is 4.90 Å². The van der Waals surface area contributed by atoms with Gasteiger partial charge in [-0.1, -0.05) is 48.5 Å². The van der Waals surface area contributed by atoms with E-state index in [1.807, 2.05) is 42.5 Å². The van der Waals surface area contributed by atoms with E-state index >= 15 is 0 Å². The molecule has 2 atom stereocenters. The van der Waals surface area contributed by atoms with Gasteiger partial charge in [-0.3, -0.25) is 19.3 Å². The molecule has 1 aliphatic rings. The zero-order chi connectivity index (χ0) is 20.1. The molecule has 0 aliphatic carbocycles. The number of hydrogen-bond acceptors (Lipinski definition) is 4. The fourth-order valence-electron chi connectivity index (χ4n) is 3.35. The topological polar surface area (TPSA) is 86.7 Å². The van der Waals surface area contributed by atoms with Crippen molar-refractivity contribution in [3.8, 4) is 0 Å². The number of fused-ring (bicyclic) bond motifs is 1. The molecule has 0 spiro atoms. The Morgan fingerprint density at radius 1 is 1.14 bits per heavy atom. The van der Waals surface area contributed by atoms with Crippen LogP contribution in [0.5, 0.6) is 0 Å². The van der Waals surface area contributed by atoms with Gasteiger partial charge < -0.3 is 10.4 Å². The summed E-state index contributed by atoms with van der Waals surface area (Å²) < 4.78 is 0. The van der Waals surface area contributed by atoms with Crippen molar-refractivity contribution >= 4 is 36.1 Å². The quantitative estimate of drug-likeness (QED) is 0.650. The average Bonchev–Trinajstić information content (AvgIpc) is 2.81. The number of thiol groups is 1. The maximum absolute atomic E-state index is 13.0. The van der Waals surface area contributed by atoms with Crippen LogP contribution in [0.15, 0.2) is 54.6 Å². The lowest BCUT2D eigenvalue weighted by molar-refractivity contribution is -0.137. The Kier molecular flexibility index (Phi) is 6.36. The van der Waals surface area contributed by atoms with E-state index in [4.69, 9.17) is 0 Å². The Balaban J connectivity index is 1.74. The minimum absolute atomic E-state index is 0.341. The minimum atomic E-state index is -1.11. The largest absolute Gasteiger partial charge is 0.480 e. The van der Waals surface area contributed by atoms with Crippen molar-refractivity contribution in [2.45, 2.75) is 30.6 Å². The van der Waals surface area contributed by atoms with Gasteiger partial charge in [0.2, 0.25) is 11.8 Å². The van der Waals surface area contributed by atoms with Crippen molar-refractivity contribution in [2.24, 2.45) is 0 Å². The highest BCUT2D eigenvalue weighted by Gasteiger charge is 2.33. The number of carbonyl (C=O) groups is 3. The Labute approximate surface area is 169 Å². The number of anilines is 1. The number of hydrogen-bond donors (Lipinski definition) is 3. The highest BCUT2D eigenvalue weighted by molar-refractivity contribution is 7.81. The summed E-state index contributed by atoms with van der Waals surface area (Å²) in [5, 5.41) is 11.4. The molecule has 0 bridgehead atoms. The molecule has 2 aromatic rings. The zero-order valence-electron chi connectivity index (χ0n) is 15.2. The number of aryl methyl sites for hydroxylation is 1. The third-order valence-electron chi connectivity index (χ3n) is 4.73. The summed E-state index contributed by atoms with van der Waals surface area (Å²) in [5.41, 5.74) is 2.45. The van der Waals surface area contributed by atoms with Crippen LogP contribution in [0.3, 0.4) is 0 Å². The molecule has 1 heterocycles. The van der Waals surface area contributed by atoms with Crippen LogP contribution in [0.4, 0.5) is 5.69 Å². The Morgan fingerprint density at radius 2 is 1.82 bits per heavy atom. The van der Waals surface area contributed by atoms with Crippen LogP contribution in [-0.4, -0.2) is 40.7 Å². The molecule has 0 aromatic heterocycles. The van der Waals surface area contributed by atoms with Gasteiger partial charge in [0.05, 0.1) is 5.25 Å². The maximum atomic E-state index is 13.0. The SMILES string of the molecule is O=C(O)CN1C(=O)C(NC(=O)[C@@H](S)Cc2ccccc2)CCc2ccccc21. The van der Waals surface area contributed by atoms with Crippen molar-refractivity contribution in [3.05, 3.63) is 65.7 Å². The standard InChI is InChI=1S/C21H22N2O4S/c24-19(25)13-23-17-9-5-4-8-15(17)10-11-16(21(23)27)22-20(26)18(28)12-14-6-2-1-3-7-14/h1-9,16,18,28H,10-13H2,(H,22,26)(H,24,25)/t16?,18-/m0/s1. The molecule has 0 radical (unpaired) electrons.